The molecule has 0 bridgehead atoms. The summed E-state index contributed by atoms with van der Waals surface area (Å²) in [6, 6.07) is 14.9. The molecule has 2 aliphatic heterocycles. The van der Waals surface area contributed by atoms with E-state index < -0.39 is 25.9 Å². The van der Waals surface area contributed by atoms with Crippen molar-refractivity contribution in [2.75, 3.05) is 16.8 Å². The molecule has 42 heavy (non-hydrogen) atoms. The Morgan fingerprint density at radius 1 is 1.19 bits per heavy atom. The van der Waals surface area contributed by atoms with Crippen LogP contribution in [-0.2, 0) is 39.4 Å². The Kier molecular flexibility index (Phi) is 8.36. The molecule has 1 aromatic heterocycles. The number of hydrogen-bond acceptors (Lipinski definition) is 8. The molecule has 4 N–H and O–H groups in total. The van der Waals surface area contributed by atoms with Gasteiger partial charge in [-0.1, -0.05) is 42.5 Å². The maximum atomic E-state index is 14.5. The van der Waals surface area contributed by atoms with Gasteiger partial charge in [-0.3, -0.25) is 14.3 Å². The van der Waals surface area contributed by atoms with Gasteiger partial charge >= 0.3 is 0 Å². The maximum absolute atomic E-state index is 14.5. The molecule has 0 radical (unpaired) electrons. The molecule has 0 unspecified atom stereocenters. The number of aliphatic hydroxyl groups is 2. The first kappa shape index (κ1) is 30.0. The molecule has 2 aliphatic rings. The van der Waals surface area contributed by atoms with Gasteiger partial charge in [0, 0.05) is 48.5 Å². The minimum absolute atomic E-state index is 0.00143. The zero-order valence-electron chi connectivity index (χ0n) is 24.4. The number of aryl methyl sites for hydroxylation is 1. The van der Waals surface area contributed by atoms with Crippen LogP contribution in [0.2, 0.25) is 18.6 Å². The van der Waals surface area contributed by atoms with Crippen molar-refractivity contribution in [1.29, 1.82) is 0 Å². The van der Waals surface area contributed by atoms with Gasteiger partial charge in [-0.15, -0.1) is 5.10 Å². The van der Waals surface area contributed by atoms with E-state index in [4.69, 9.17) is 4.74 Å². The lowest BCUT2D eigenvalue weighted by Gasteiger charge is -2.32. The summed E-state index contributed by atoms with van der Waals surface area (Å²) in [7, 11) is -2.79. The zero-order valence-corrected chi connectivity index (χ0v) is 25.4. The molecule has 3 aromatic rings. The zero-order chi connectivity index (χ0) is 30.2. The maximum Gasteiger partial charge on any atom is 0.264 e. The lowest BCUT2D eigenvalue weighted by atomic mass is 9.82. The second-order valence-electron chi connectivity index (χ2n) is 11.9. The average molecular weight is 594 g/mol. The van der Waals surface area contributed by atoms with Crippen molar-refractivity contribution < 1.29 is 29.3 Å². The monoisotopic (exact) mass is 593 g/mol. The molecule has 2 aromatic carbocycles. The number of benzene rings is 2. The fourth-order valence-electron chi connectivity index (χ4n) is 6.52. The second kappa shape index (κ2) is 11.7. The summed E-state index contributed by atoms with van der Waals surface area (Å²) in [6.45, 7) is 8.03. The average Bonchev–Trinajstić information content (AvgIpc) is 3.59. The van der Waals surface area contributed by atoms with Crippen LogP contribution in [0.4, 0.5) is 11.4 Å². The SMILES string of the molecule is C[C@H](O)C(=O)Nc1ccc(CN2C(=O)[C@]3(O[C@H](CCn4cc(CCO)nn4)[C@@H]([Si](C)(C)O)[C@@H]3C)c3ccccc32)cc1. The molecule has 3 heterocycles. The van der Waals surface area contributed by atoms with Crippen molar-refractivity contribution in [3.63, 3.8) is 0 Å². The van der Waals surface area contributed by atoms with Crippen molar-refractivity contribution in [3.8, 4) is 0 Å². The predicted molar refractivity (Wildman–Crippen MR) is 159 cm³/mol. The molecule has 1 fully saturated rings. The lowest BCUT2D eigenvalue weighted by Crippen LogP contribution is -2.46. The van der Waals surface area contributed by atoms with Crippen LogP contribution in [0.1, 0.15) is 37.1 Å². The molecule has 5 atom stereocenters. The Bertz CT molecular complexity index is 1440. The minimum atomic E-state index is -2.79. The van der Waals surface area contributed by atoms with Crippen molar-refractivity contribution >= 4 is 31.5 Å². The van der Waals surface area contributed by atoms with Crippen LogP contribution in [0, 0.1) is 5.92 Å². The summed E-state index contributed by atoms with van der Waals surface area (Å²) in [5.41, 5.74) is 2.28. The molecular weight excluding hydrogens is 554 g/mol. The van der Waals surface area contributed by atoms with Gasteiger partial charge in [0.25, 0.3) is 11.8 Å². The van der Waals surface area contributed by atoms with Crippen LogP contribution in [0.3, 0.4) is 0 Å². The molecule has 11 nitrogen and oxygen atoms in total. The van der Waals surface area contributed by atoms with Crippen LogP contribution in [0.25, 0.3) is 0 Å². The van der Waals surface area contributed by atoms with Crippen molar-refractivity contribution in [2.45, 2.75) is 76.2 Å². The third kappa shape index (κ3) is 5.52. The van der Waals surface area contributed by atoms with Gasteiger partial charge < -0.3 is 30.0 Å². The normalized spacial score (nSPS) is 24.3. The molecule has 5 rings (SSSR count). The first-order valence-corrected chi connectivity index (χ1v) is 17.4. The van der Waals surface area contributed by atoms with Crippen LogP contribution < -0.4 is 10.2 Å². The van der Waals surface area contributed by atoms with Crippen LogP contribution in [0.5, 0.6) is 0 Å². The highest BCUT2D eigenvalue weighted by molar-refractivity contribution is 6.71. The van der Waals surface area contributed by atoms with Gasteiger partial charge in [-0.2, -0.15) is 0 Å². The van der Waals surface area contributed by atoms with Crippen molar-refractivity contribution in [3.05, 3.63) is 71.5 Å². The Balaban J connectivity index is 1.42. The number of nitrogens with zero attached hydrogens (tertiary/aromatic N) is 4. The fraction of sp³-hybridized carbons (Fsp3) is 0.467. The fourth-order valence-corrected chi connectivity index (χ4v) is 9.12. The first-order valence-electron chi connectivity index (χ1n) is 14.3. The summed E-state index contributed by atoms with van der Waals surface area (Å²) < 4.78 is 8.56. The number of carbonyl (C=O) groups excluding carboxylic acids is 2. The highest BCUT2D eigenvalue weighted by Crippen LogP contribution is 2.59. The number of carbonyl (C=O) groups is 2. The van der Waals surface area contributed by atoms with Crippen LogP contribution >= 0.6 is 0 Å². The first-order chi connectivity index (χ1) is 20.0. The van der Waals surface area contributed by atoms with E-state index in [2.05, 4.69) is 15.6 Å². The third-order valence-corrected chi connectivity index (χ3v) is 10.9. The van der Waals surface area contributed by atoms with Gasteiger partial charge in [0.2, 0.25) is 0 Å². The molecule has 0 aliphatic carbocycles. The number of nitrogens with one attached hydrogen (secondary N) is 1. The molecule has 1 saturated heterocycles. The van der Waals surface area contributed by atoms with Gasteiger partial charge in [-0.25, -0.2) is 0 Å². The van der Waals surface area contributed by atoms with Crippen molar-refractivity contribution in [1.82, 2.24) is 15.0 Å². The summed E-state index contributed by atoms with van der Waals surface area (Å²) in [4.78, 5) is 39.5. The van der Waals surface area contributed by atoms with E-state index in [1.54, 1.807) is 27.9 Å². The number of para-hydroxylation sites is 1. The highest BCUT2D eigenvalue weighted by atomic mass is 28.4. The summed E-state index contributed by atoms with van der Waals surface area (Å²) >= 11 is 0. The number of ether oxygens (including phenoxy) is 1. The number of hydrogen-bond donors (Lipinski definition) is 4. The summed E-state index contributed by atoms with van der Waals surface area (Å²) in [6.07, 6.45) is 1.29. The van der Waals surface area contributed by atoms with Crippen LogP contribution in [0.15, 0.2) is 54.7 Å². The molecule has 1 spiro atoms. The lowest BCUT2D eigenvalue weighted by molar-refractivity contribution is -0.146. The number of aromatic nitrogens is 3. The highest BCUT2D eigenvalue weighted by Gasteiger charge is 2.66. The van der Waals surface area contributed by atoms with Gasteiger partial charge in [0.05, 0.1) is 24.0 Å². The Labute approximate surface area is 246 Å². The van der Waals surface area contributed by atoms with E-state index in [9.17, 15) is 24.6 Å². The standard InChI is InChI=1S/C30H39N5O6Si/c1-19-27(42(3,4)40)26(13-15-34-18-23(14-16-36)32-33-34)41-30(19)24-7-5-6-8-25(24)35(29(30)39)17-21-9-11-22(12-10-21)31-28(38)20(2)37/h5-12,18-20,26-27,36-37,40H,13-17H2,1-4H3,(H,31,38)/t19-,20-,26+,27-,30+/m0/s1. The van der Waals surface area contributed by atoms with Gasteiger partial charge in [-0.05, 0) is 50.2 Å². The molecule has 0 saturated carbocycles. The molecule has 224 valence electrons. The van der Waals surface area contributed by atoms with Crippen molar-refractivity contribution in [2.24, 2.45) is 5.92 Å². The van der Waals surface area contributed by atoms with E-state index in [0.717, 1.165) is 16.8 Å². The summed E-state index contributed by atoms with van der Waals surface area (Å²) in [5, 5.41) is 29.6. The minimum Gasteiger partial charge on any atom is -0.432 e. The second-order valence-corrected chi connectivity index (χ2v) is 15.8. The van der Waals surface area contributed by atoms with Gasteiger partial charge in [0.15, 0.2) is 13.9 Å². The molecular formula is C30H39N5O6Si. The predicted octanol–water partition coefficient (Wildman–Crippen LogP) is 2.57. The Hall–Kier alpha value is -3.42. The molecule has 12 heteroatoms. The number of aliphatic hydroxyl groups excluding tert-OH is 2. The number of fused-ring (bicyclic) bond motifs is 2. The van der Waals surface area contributed by atoms with E-state index >= 15 is 0 Å². The summed E-state index contributed by atoms with van der Waals surface area (Å²) in [5.74, 6) is -0.916. The van der Waals surface area contributed by atoms with E-state index in [1.807, 2.05) is 56.4 Å². The number of amides is 2. The quantitative estimate of drug-likeness (QED) is 0.262. The Morgan fingerprint density at radius 3 is 2.57 bits per heavy atom. The van der Waals surface area contributed by atoms with E-state index in [0.29, 0.717) is 37.3 Å². The van der Waals surface area contributed by atoms with E-state index in [1.165, 1.54) is 6.92 Å². The van der Waals surface area contributed by atoms with E-state index in [-0.39, 0.29) is 30.1 Å². The third-order valence-electron chi connectivity index (χ3n) is 8.43. The van der Waals surface area contributed by atoms with Gasteiger partial charge in [0.1, 0.15) is 6.10 Å². The Morgan fingerprint density at radius 2 is 1.90 bits per heavy atom. The topological polar surface area (TPSA) is 150 Å². The number of anilines is 2. The van der Waals surface area contributed by atoms with Crippen LogP contribution in [-0.4, -0.2) is 68.9 Å². The number of rotatable bonds is 10. The smallest absolute Gasteiger partial charge is 0.264 e. The molecule has 2 amide bonds. The largest absolute Gasteiger partial charge is 0.432 e.